The Hall–Kier alpha value is -3.75. The van der Waals surface area contributed by atoms with Crippen LogP contribution in [0.1, 0.15) is 0 Å². The van der Waals surface area contributed by atoms with E-state index >= 15 is 0 Å². The fourth-order valence-corrected chi connectivity index (χ4v) is 1.94. The summed E-state index contributed by atoms with van der Waals surface area (Å²) in [5.74, 6) is -0.733. The number of hydrazone groups is 2. The number of anilines is 2. The first kappa shape index (κ1) is 16.6. The maximum Gasteiger partial charge on any atom is 0.371 e. The van der Waals surface area contributed by atoms with Gasteiger partial charge in [-0.15, -0.1) is 10.2 Å². The van der Waals surface area contributed by atoms with E-state index in [2.05, 4.69) is 10.2 Å². The van der Waals surface area contributed by atoms with Gasteiger partial charge in [-0.3, -0.25) is 4.90 Å². The molecule has 0 bridgehead atoms. The molecule has 8 N–H and O–H groups in total. The molecule has 0 saturated heterocycles. The predicted molar refractivity (Wildman–Crippen MR) is 93.9 cm³/mol. The van der Waals surface area contributed by atoms with Crippen LogP contribution in [0, 0.1) is 0 Å². The van der Waals surface area contributed by atoms with E-state index in [4.69, 9.17) is 22.9 Å². The molecule has 0 aromatic heterocycles. The zero-order chi connectivity index (χ0) is 17.5. The van der Waals surface area contributed by atoms with Gasteiger partial charge in [0.05, 0.1) is 11.4 Å². The second kappa shape index (κ2) is 7.49. The molecule has 0 aliphatic heterocycles. The van der Waals surface area contributed by atoms with Crippen LogP contribution < -0.4 is 27.8 Å². The number of benzene rings is 2. The summed E-state index contributed by atoms with van der Waals surface area (Å²) in [6.07, 6.45) is 0. The molecule has 2 rings (SSSR count). The largest absolute Gasteiger partial charge is 0.371 e. The van der Waals surface area contributed by atoms with Crippen LogP contribution in [0.4, 0.5) is 16.2 Å². The van der Waals surface area contributed by atoms with Crippen LogP contribution in [-0.4, -0.2) is 23.1 Å². The van der Waals surface area contributed by atoms with Crippen LogP contribution >= 0.6 is 0 Å². The Morgan fingerprint density at radius 2 is 1.08 bits per heavy atom. The van der Waals surface area contributed by atoms with Gasteiger partial charge in [0, 0.05) is 0 Å². The number of nitrogens with zero attached hydrogens (tertiary/aromatic N) is 4. The van der Waals surface area contributed by atoms with Gasteiger partial charge >= 0.3 is 6.03 Å². The normalized spacial score (nSPS) is 9.67. The molecule has 0 saturated carbocycles. The van der Waals surface area contributed by atoms with Gasteiger partial charge in [-0.1, -0.05) is 41.5 Å². The van der Waals surface area contributed by atoms with Crippen molar-refractivity contribution in [3.05, 3.63) is 60.7 Å². The molecule has 0 radical (unpaired) electrons. The van der Waals surface area contributed by atoms with Crippen molar-refractivity contribution in [2.75, 3.05) is 4.90 Å². The standard InChI is InChI=1S/C15H18N8O/c16-13(17)20-23(21-14(18)19)15(24)22(11-7-3-1-4-8-11)12-9-5-2-6-10-12/h1-10H,(H4,16,17,20)(H4,18,19,21). The third-order valence-corrected chi connectivity index (χ3v) is 2.81. The van der Waals surface area contributed by atoms with Crippen molar-refractivity contribution in [2.24, 2.45) is 33.1 Å². The van der Waals surface area contributed by atoms with E-state index in [9.17, 15) is 4.79 Å². The number of hydrogen-bond donors (Lipinski definition) is 4. The lowest BCUT2D eigenvalue weighted by atomic mass is 10.2. The highest BCUT2D eigenvalue weighted by Gasteiger charge is 2.24. The Balaban J connectivity index is 2.52. The van der Waals surface area contributed by atoms with Gasteiger partial charge in [-0.05, 0) is 24.3 Å². The molecule has 0 unspecified atom stereocenters. The Bertz CT molecular complexity index is 679. The number of guanidine groups is 2. The predicted octanol–water partition coefficient (Wildman–Crippen LogP) is 0.624. The molecule has 0 aliphatic carbocycles. The first-order valence-corrected chi connectivity index (χ1v) is 6.92. The van der Waals surface area contributed by atoms with E-state index in [0.29, 0.717) is 16.5 Å². The number of carbonyl (C=O) groups excluding carboxylic acids is 1. The third kappa shape index (κ3) is 4.13. The van der Waals surface area contributed by atoms with Gasteiger partial charge in [0.25, 0.3) is 0 Å². The highest BCUT2D eigenvalue weighted by Crippen LogP contribution is 2.26. The molecule has 0 heterocycles. The molecule has 0 atom stereocenters. The van der Waals surface area contributed by atoms with Gasteiger partial charge in [-0.25, -0.2) is 4.79 Å². The summed E-state index contributed by atoms with van der Waals surface area (Å²) in [4.78, 5) is 14.3. The van der Waals surface area contributed by atoms with Crippen LogP contribution in [0.2, 0.25) is 0 Å². The van der Waals surface area contributed by atoms with Gasteiger partial charge in [-0.2, -0.15) is 0 Å². The zero-order valence-corrected chi connectivity index (χ0v) is 12.8. The number of nitrogens with two attached hydrogens (primary N) is 4. The maximum absolute atomic E-state index is 12.9. The van der Waals surface area contributed by atoms with Crippen LogP contribution in [0.15, 0.2) is 70.9 Å². The smallest absolute Gasteiger partial charge is 0.369 e. The fourth-order valence-electron chi connectivity index (χ4n) is 1.94. The van der Waals surface area contributed by atoms with Gasteiger partial charge in [0.1, 0.15) is 0 Å². The highest BCUT2D eigenvalue weighted by atomic mass is 16.2. The van der Waals surface area contributed by atoms with E-state index < -0.39 is 6.03 Å². The summed E-state index contributed by atoms with van der Waals surface area (Å²) < 4.78 is 0. The topological polar surface area (TPSA) is 152 Å². The molecule has 9 heteroatoms. The number of para-hydroxylation sites is 2. The van der Waals surface area contributed by atoms with Crippen LogP contribution in [-0.2, 0) is 0 Å². The molecule has 24 heavy (non-hydrogen) atoms. The third-order valence-electron chi connectivity index (χ3n) is 2.81. The molecular formula is C15H18N8O. The Morgan fingerprint density at radius 3 is 1.42 bits per heavy atom. The number of hydrogen-bond acceptors (Lipinski definition) is 3. The van der Waals surface area contributed by atoms with Crippen molar-refractivity contribution in [2.45, 2.75) is 0 Å². The molecule has 2 aromatic carbocycles. The summed E-state index contributed by atoms with van der Waals surface area (Å²) >= 11 is 0. The molecule has 2 aromatic rings. The summed E-state index contributed by atoms with van der Waals surface area (Å²) in [6.45, 7) is 0. The van der Waals surface area contributed by atoms with E-state index in [1.54, 1.807) is 48.5 Å². The number of urea groups is 1. The van der Waals surface area contributed by atoms with E-state index in [1.807, 2.05) is 12.1 Å². The summed E-state index contributed by atoms with van der Waals surface area (Å²) in [7, 11) is 0. The summed E-state index contributed by atoms with van der Waals surface area (Å²) in [5.41, 5.74) is 22.6. The average Bonchev–Trinajstić information content (AvgIpc) is 2.55. The van der Waals surface area contributed by atoms with E-state index in [-0.39, 0.29) is 11.9 Å². The lowest BCUT2D eigenvalue weighted by Gasteiger charge is -2.25. The Labute approximate surface area is 138 Å². The van der Waals surface area contributed by atoms with E-state index in [1.165, 1.54) is 4.90 Å². The SMILES string of the molecule is NC(N)=NN(N=C(N)N)C(=O)N(c1ccccc1)c1ccccc1. The number of rotatable bonds is 4. The number of amides is 2. The zero-order valence-electron chi connectivity index (χ0n) is 12.8. The molecule has 9 nitrogen and oxygen atoms in total. The van der Waals surface area contributed by atoms with Crippen molar-refractivity contribution in [1.82, 2.24) is 5.12 Å². The molecule has 124 valence electrons. The van der Waals surface area contributed by atoms with Gasteiger partial charge in [0.15, 0.2) is 0 Å². The maximum atomic E-state index is 12.9. The number of carbonyl (C=O) groups is 1. The van der Waals surface area contributed by atoms with Crippen molar-refractivity contribution >= 4 is 29.3 Å². The van der Waals surface area contributed by atoms with Crippen molar-refractivity contribution in [1.29, 1.82) is 0 Å². The van der Waals surface area contributed by atoms with Crippen molar-refractivity contribution in [3.8, 4) is 0 Å². The van der Waals surface area contributed by atoms with Crippen LogP contribution in [0.5, 0.6) is 0 Å². The van der Waals surface area contributed by atoms with Gasteiger partial charge in [0.2, 0.25) is 11.9 Å². The summed E-state index contributed by atoms with van der Waals surface area (Å²) in [6, 6.07) is 17.2. The van der Waals surface area contributed by atoms with Crippen molar-refractivity contribution in [3.63, 3.8) is 0 Å². The lowest BCUT2D eigenvalue weighted by Crippen LogP contribution is -2.40. The van der Waals surface area contributed by atoms with Crippen LogP contribution in [0.3, 0.4) is 0 Å². The molecule has 2 amide bonds. The molecule has 0 aliphatic rings. The van der Waals surface area contributed by atoms with E-state index in [0.717, 1.165) is 0 Å². The molecule has 0 spiro atoms. The Morgan fingerprint density at radius 1 is 0.708 bits per heavy atom. The average molecular weight is 326 g/mol. The lowest BCUT2D eigenvalue weighted by molar-refractivity contribution is 0.211. The quantitative estimate of drug-likeness (QED) is 0.368. The highest BCUT2D eigenvalue weighted by molar-refractivity contribution is 6.00. The second-order valence-electron chi connectivity index (χ2n) is 4.63. The van der Waals surface area contributed by atoms with Gasteiger partial charge < -0.3 is 22.9 Å². The first-order valence-electron chi connectivity index (χ1n) is 6.92. The minimum Gasteiger partial charge on any atom is -0.369 e. The molecule has 0 fully saturated rings. The van der Waals surface area contributed by atoms with Crippen LogP contribution in [0.25, 0.3) is 0 Å². The Kier molecular flexibility index (Phi) is 5.19. The fraction of sp³-hybridized carbons (Fsp3) is 0. The monoisotopic (exact) mass is 326 g/mol. The second-order valence-corrected chi connectivity index (χ2v) is 4.63. The minimum absolute atomic E-state index is 0.366. The first-order chi connectivity index (χ1) is 11.5. The summed E-state index contributed by atoms with van der Waals surface area (Å²) in [5, 5.41) is 7.96. The van der Waals surface area contributed by atoms with Crippen molar-refractivity contribution < 1.29 is 4.79 Å². The molecular weight excluding hydrogens is 308 g/mol. The minimum atomic E-state index is -0.658.